The van der Waals surface area contributed by atoms with E-state index in [1.165, 1.54) is 16.3 Å². The van der Waals surface area contributed by atoms with Crippen molar-refractivity contribution >= 4 is 16.6 Å². The molecule has 0 radical (unpaired) electrons. The summed E-state index contributed by atoms with van der Waals surface area (Å²) < 4.78 is 0. The number of likely N-dealkylation sites (tertiary alicyclic amines) is 1. The summed E-state index contributed by atoms with van der Waals surface area (Å²) >= 11 is 0. The zero-order valence-electron chi connectivity index (χ0n) is 14.0. The third kappa shape index (κ3) is 3.09. The molecule has 2 aromatic carbocycles. The maximum Gasteiger partial charge on any atom is 0.168 e. The number of benzene rings is 2. The second kappa shape index (κ2) is 7.01. The van der Waals surface area contributed by atoms with E-state index >= 15 is 0 Å². The van der Waals surface area contributed by atoms with Crippen LogP contribution in [-0.4, -0.2) is 48.9 Å². The van der Waals surface area contributed by atoms with Crippen LogP contribution in [0.1, 0.15) is 18.4 Å². The molecule has 4 heteroatoms. The van der Waals surface area contributed by atoms with E-state index in [1.807, 2.05) is 0 Å². The summed E-state index contributed by atoms with van der Waals surface area (Å²) in [6.45, 7) is 4.47. The van der Waals surface area contributed by atoms with Gasteiger partial charge in [-0.1, -0.05) is 42.5 Å². The van der Waals surface area contributed by atoms with Gasteiger partial charge in [0.15, 0.2) is 5.78 Å². The fourth-order valence-corrected chi connectivity index (χ4v) is 4.07. The number of Topliss-reactive ketones (excluding diaryl/α,β-unsaturated/α-hetero) is 1. The average Bonchev–Trinajstić information content (AvgIpc) is 3.10. The van der Waals surface area contributed by atoms with Gasteiger partial charge in [0.25, 0.3) is 0 Å². The Balaban J connectivity index is 1.53. The highest BCUT2D eigenvalue weighted by Crippen LogP contribution is 2.25. The minimum Gasteiger partial charge on any atom is -0.313 e. The van der Waals surface area contributed by atoms with E-state index in [-0.39, 0.29) is 12.1 Å². The molecule has 0 aromatic heterocycles. The monoisotopic (exact) mass is 323 g/mol. The van der Waals surface area contributed by atoms with Crippen LogP contribution in [0.3, 0.4) is 0 Å². The molecule has 2 saturated heterocycles. The number of carbonyl (C=O) groups excluding carboxylic acids is 1. The van der Waals surface area contributed by atoms with Crippen LogP contribution in [0, 0.1) is 0 Å². The molecule has 2 aliphatic rings. The number of carbonyl (C=O) groups is 1. The van der Waals surface area contributed by atoms with E-state index in [0.29, 0.717) is 5.78 Å². The summed E-state index contributed by atoms with van der Waals surface area (Å²) in [5, 5.41) is 9.27. The van der Waals surface area contributed by atoms with Crippen molar-refractivity contribution < 1.29 is 4.79 Å². The first-order valence-electron chi connectivity index (χ1n) is 9.01. The van der Waals surface area contributed by atoms with Crippen LogP contribution in [0.5, 0.6) is 0 Å². The van der Waals surface area contributed by atoms with E-state index in [0.717, 1.165) is 45.6 Å². The lowest BCUT2D eigenvalue weighted by molar-refractivity contribution is -0.125. The quantitative estimate of drug-likeness (QED) is 0.902. The van der Waals surface area contributed by atoms with Crippen molar-refractivity contribution in [3.05, 3.63) is 48.0 Å². The summed E-state index contributed by atoms with van der Waals surface area (Å²) in [4.78, 5) is 15.3. The Hall–Kier alpha value is -1.75. The molecule has 0 saturated carbocycles. The van der Waals surface area contributed by atoms with Crippen molar-refractivity contribution in [2.75, 3.05) is 26.2 Å². The highest BCUT2D eigenvalue weighted by molar-refractivity contribution is 5.90. The number of piperazine rings is 1. The molecule has 4 nitrogen and oxygen atoms in total. The Labute approximate surface area is 143 Å². The third-order valence-corrected chi connectivity index (χ3v) is 5.33. The van der Waals surface area contributed by atoms with Gasteiger partial charge in [0.1, 0.15) is 0 Å². The number of fused-ring (bicyclic) bond motifs is 1. The van der Waals surface area contributed by atoms with E-state index in [2.05, 4.69) is 58.0 Å². The van der Waals surface area contributed by atoms with Gasteiger partial charge in [-0.2, -0.15) is 0 Å². The summed E-state index contributed by atoms with van der Waals surface area (Å²) in [6, 6.07) is 15.0. The smallest absolute Gasteiger partial charge is 0.168 e. The van der Waals surface area contributed by atoms with Crippen molar-refractivity contribution in [3.8, 4) is 0 Å². The van der Waals surface area contributed by atoms with Crippen LogP contribution in [-0.2, 0) is 11.3 Å². The second-order valence-corrected chi connectivity index (χ2v) is 6.88. The predicted octanol–water partition coefficient (Wildman–Crippen LogP) is 1.93. The largest absolute Gasteiger partial charge is 0.313 e. The van der Waals surface area contributed by atoms with Crippen LogP contribution < -0.4 is 10.6 Å². The molecule has 4 rings (SSSR count). The van der Waals surface area contributed by atoms with Gasteiger partial charge in [-0.25, -0.2) is 0 Å². The molecular weight excluding hydrogens is 298 g/mol. The van der Waals surface area contributed by atoms with E-state index in [1.54, 1.807) is 0 Å². The van der Waals surface area contributed by atoms with Crippen molar-refractivity contribution in [3.63, 3.8) is 0 Å². The SMILES string of the molecule is O=C(C1CNCCN1)C1CCCN1Cc1cccc2ccccc12. The number of nitrogens with one attached hydrogen (secondary N) is 2. The fraction of sp³-hybridized carbons (Fsp3) is 0.450. The highest BCUT2D eigenvalue weighted by Gasteiger charge is 2.35. The molecule has 0 amide bonds. The minimum atomic E-state index is -0.0307. The predicted molar refractivity (Wildman–Crippen MR) is 97.0 cm³/mol. The summed E-state index contributed by atoms with van der Waals surface area (Å²) in [7, 11) is 0. The van der Waals surface area contributed by atoms with Crippen LogP contribution in [0.4, 0.5) is 0 Å². The lowest BCUT2D eigenvalue weighted by Crippen LogP contribution is -2.56. The topological polar surface area (TPSA) is 44.4 Å². The van der Waals surface area contributed by atoms with Gasteiger partial charge in [0.2, 0.25) is 0 Å². The van der Waals surface area contributed by atoms with E-state index < -0.39 is 0 Å². The van der Waals surface area contributed by atoms with Crippen molar-refractivity contribution in [1.82, 2.24) is 15.5 Å². The molecule has 2 atom stereocenters. The number of hydrogen-bond acceptors (Lipinski definition) is 4. The zero-order chi connectivity index (χ0) is 16.4. The Morgan fingerprint density at radius 1 is 1.12 bits per heavy atom. The molecular formula is C20H25N3O. The first-order valence-corrected chi connectivity index (χ1v) is 9.01. The molecule has 0 aliphatic carbocycles. The standard InChI is InChI=1S/C20H25N3O/c24-20(18-13-21-10-11-22-18)19-9-4-12-23(19)14-16-7-3-6-15-5-1-2-8-17(15)16/h1-3,5-8,18-19,21-22H,4,9-14H2. The first-order chi connectivity index (χ1) is 11.8. The molecule has 24 heavy (non-hydrogen) atoms. The number of nitrogens with zero attached hydrogens (tertiary/aromatic N) is 1. The van der Waals surface area contributed by atoms with Gasteiger partial charge >= 0.3 is 0 Å². The van der Waals surface area contributed by atoms with Crippen molar-refractivity contribution in [2.45, 2.75) is 31.5 Å². The first kappa shape index (κ1) is 15.8. The third-order valence-electron chi connectivity index (χ3n) is 5.33. The molecule has 2 heterocycles. The van der Waals surface area contributed by atoms with Gasteiger partial charge in [-0.3, -0.25) is 9.69 Å². The fourth-order valence-electron chi connectivity index (χ4n) is 4.07. The van der Waals surface area contributed by atoms with Gasteiger partial charge in [-0.05, 0) is 35.7 Å². The van der Waals surface area contributed by atoms with E-state index in [9.17, 15) is 4.79 Å². The Bertz CT molecular complexity index is 718. The minimum absolute atomic E-state index is 0.0307. The summed E-state index contributed by atoms with van der Waals surface area (Å²) in [5.41, 5.74) is 1.32. The van der Waals surface area contributed by atoms with Gasteiger partial charge in [0.05, 0.1) is 12.1 Å². The van der Waals surface area contributed by atoms with Crippen LogP contribution in [0.15, 0.2) is 42.5 Å². The maximum atomic E-state index is 12.9. The lowest BCUT2D eigenvalue weighted by Gasteiger charge is -2.30. The second-order valence-electron chi connectivity index (χ2n) is 6.88. The molecule has 0 spiro atoms. The molecule has 2 aromatic rings. The summed E-state index contributed by atoms with van der Waals surface area (Å²) in [5.74, 6) is 0.361. The lowest BCUT2D eigenvalue weighted by atomic mass is 10.00. The summed E-state index contributed by atoms with van der Waals surface area (Å²) in [6.07, 6.45) is 2.10. The molecule has 2 N–H and O–H groups in total. The number of rotatable bonds is 4. The Morgan fingerprint density at radius 3 is 2.88 bits per heavy atom. The Morgan fingerprint density at radius 2 is 2.00 bits per heavy atom. The normalized spacial score (nSPS) is 25.2. The zero-order valence-corrected chi connectivity index (χ0v) is 14.0. The van der Waals surface area contributed by atoms with Gasteiger partial charge in [0, 0.05) is 26.2 Å². The van der Waals surface area contributed by atoms with Crippen LogP contribution in [0.2, 0.25) is 0 Å². The van der Waals surface area contributed by atoms with Crippen molar-refractivity contribution in [1.29, 1.82) is 0 Å². The van der Waals surface area contributed by atoms with Crippen LogP contribution >= 0.6 is 0 Å². The van der Waals surface area contributed by atoms with Gasteiger partial charge in [-0.15, -0.1) is 0 Å². The maximum absolute atomic E-state index is 12.9. The Kier molecular flexibility index (Phi) is 4.60. The molecule has 2 fully saturated rings. The molecule has 0 bridgehead atoms. The van der Waals surface area contributed by atoms with Crippen molar-refractivity contribution in [2.24, 2.45) is 0 Å². The number of ketones is 1. The molecule has 2 unspecified atom stereocenters. The average molecular weight is 323 g/mol. The number of hydrogen-bond donors (Lipinski definition) is 2. The van der Waals surface area contributed by atoms with Gasteiger partial charge < -0.3 is 10.6 Å². The highest BCUT2D eigenvalue weighted by atomic mass is 16.1. The molecule has 126 valence electrons. The van der Waals surface area contributed by atoms with E-state index in [4.69, 9.17) is 0 Å². The van der Waals surface area contributed by atoms with Crippen LogP contribution in [0.25, 0.3) is 10.8 Å². The molecule has 2 aliphatic heterocycles.